The van der Waals surface area contributed by atoms with E-state index in [1.54, 1.807) is 0 Å². The Bertz CT molecular complexity index is 473. The summed E-state index contributed by atoms with van der Waals surface area (Å²) < 4.78 is 5.43. The Labute approximate surface area is 175 Å². The Morgan fingerprint density at radius 2 is 1.85 bits per heavy atom. The van der Waals surface area contributed by atoms with Crippen LogP contribution in [0.25, 0.3) is 0 Å². The maximum Gasteiger partial charge on any atom is 0.410 e. The fraction of sp³-hybridized carbons (Fsp3) is 0.889. The molecule has 1 saturated carbocycles. The zero-order chi connectivity index (χ0) is 18.4. The van der Waals surface area contributed by atoms with E-state index >= 15 is 0 Å². The smallest absolute Gasteiger partial charge is 0.410 e. The van der Waals surface area contributed by atoms with E-state index in [1.165, 1.54) is 6.42 Å². The second kappa shape index (κ2) is 10.5. The topological polar surface area (TPSA) is 69.2 Å². The van der Waals surface area contributed by atoms with Crippen LogP contribution in [0.4, 0.5) is 4.79 Å². The zero-order valence-corrected chi connectivity index (χ0v) is 19.2. The number of guanidine groups is 1. The van der Waals surface area contributed by atoms with Gasteiger partial charge in [0.05, 0.1) is 0 Å². The maximum atomic E-state index is 12.1. The molecule has 0 aromatic carbocycles. The summed E-state index contributed by atoms with van der Waals surface area (Å²) in [6, 6.07) is 0.590. The molecule has 0 spiro atoms. The number of piperazine rings is 1. The van der Waals surface area contributed by atoms with Crippen LogP contribution in [0.2, 0.25) is 0 Å². The molecule has 2 N–H and O–H groups in total. The van der Waals surface area contributed by atoms with Crippen LogP contribution in [0.15, 0.2) is 4.99 Å². The van der Waals surface area contributed by atoms with E-state index in [9.17, 15) is 4.79 Å². The van der Waals surface area contributed by atoms with Crippen molar-refractivity contribution >= 4 is 36.0 Å². The Balaban J connectivity index is 0.00000338. The highest BCUT2D eigenvalue weighted by atomic mass is 127. The van der Waals surface area contributed by atoms with Crippen molar-refractivity contribution in [3.05, 3.63) is 0 Å². The van der Waals surface area contributed by atoms with Gasteiger partial charge in [-0.3, -0.25) is 9.89 Å². The molecule has 1 aliphatic carbocycles. The average Bonchev–Trinajstić information content (AvgIpc) is 3.24. The Kier molecular flexibility index (Phi) is 9.43. The van der Waals surface area contributed by atoms with E-state index in [-0.39, 0.29) is 30.1 Å². The first-order valence-corrected chi connectivity index (χ1v) is 9.46. The van der Waals surface area contributed by atoms with Crippen LogP contribution in [0.1, 0.15) is 40.5 Å². The van der Waals surface area contributed by atoms with Crippen molar-refractivity contribution in [2.24, 2.45) is 10.9 Å². The van der Waals surface area contributed by atoms with Gasteiger partial charge in [-0.1, -0.05) is 6.92 Å². The Morgan fingerprint density at radius 3 is 2.35 bits per heavy atom. The summed E-state index contributed by atoms with van der Waals surface area (Å²) >= 11 is 0. The summed E-state index contributed by atoms with van der Waals surface area (Å²) in [7, 11) is 1.82. The van der Waals surface area contributed by atoms with Gasteiger partial charge in [0.2, 0.25) is 0 Å². The van der Waals surface area contributed by atoms with Gasteiger partial charge in [0, 0.05) is 45.8 Å². The first-order valence-electron chi connectivity index (χ1n) is 9.46. The van der Waals surface area contributed by atoms with E-state index in [0.717, 1.165) is 57.6 Å². The monoisotopic (exact) mass is 481 g/mol. The highest BCUT2D eigenvalue weighted by molar-refractivity contribution is 14.0. The van der Waals surface area contributed by atoms with Gasteiger partial charge in [-0.05, 0) is 46.1 Å². The third-order valence-electron chi connectivity index (χ3n) is 4.62. The van der Waals surface area contributed by atoms with Gasteiger partial charge in [-0.2, -0.15) is 0 Å². The number of amides is 1. The average molecular weight is 481 g/mol. The van der Waals surface area contributed by atoms with E-state index in [1.807, 2.05) is 32.7 Å². The molecular weight excluding hydrogens is 445 g/mol. The number of nitrogens with one attached hydrogen (secondary N) is 2. The molecule has 0 aromatic heterocycles. The molecule has 0 bridgehead atoms. The Hall–Kier alpha value is -0.770. The van der Waals surface area contributed by atoms with Crippen molar-refractivity contribution in [1.82, 2.24) is 20.4 Å². The van der Waals surface area contributed by atoms with Crippen LogP contribution in [0.5, 0.6) is 0 Å². The predicted molar refractivity (Wildman–Crippen MR) is 116 cm³/mol. The number of hydrogen-bond donors (Lipinski definition) is 2. The van der Waals surface area contributed by atoms with Crippen molar-refractivity contribution in [1.29, 1.82) is 0 Å². The van der Waals surface area contributed by atoms with E-state index in [2.05, 4.69) is 27.4 Å². The Morgan fingerprint density at radius 1 is 1.23 bits per heavy atom. The molecule has 1 saturated heterocycles. The summed E-state index contributed by atoms with van der Waals surface area (Å²) in [6.07, 6.45) is 2.11. The maximum absolute atomic E-state index is 12.1. The minimum Gasteiger partial charge on any atom is -0.444 e. The molecule has 1 heterocycles. The molecule has 152 valence electrons. The molecule has 2 unspecified atom stereocenters. The highest BCUT2D eigenvalue weighted by Gasteiger charge is 2.33. The van der Waals surface area contributed by atoms with E-state index in [4.69, 9.17) is 4.74 Å². The molecule has 2 aliphatic rings. The normalized spacial score (nSPS) is 23.9. The largest absolute Gasteiger partial charge is 0.444 e. The molecule has 8 heteroatoms. The van der Waals surface area contributed by atoms with Crippen molar-refractivity contribution in [2.75, 3.05) is 46.3 Å². The highest BCUT2D eigenvalue weighted by Crippen LogP contribution is 2.28. The lowest BCUT2D eigenvalue weighted by atomic mass is 10.2. The lowest BCUT2D eigenvalue weighted by Gasteiger charge is -2.35. The van der Waals surface area contributed by atoms with Gasteiger partial charge in [0.1, 0.15) is 5.60 Å². The molecule has 0 aromatic rings. The number of halogens is 1. The third-order valence-corrected chi connectivity index (χ3v) is 4.62. The molecular formula is C18H36IN5O2. The van der Waals surface area contributed by atoms with Crippen LogP contribution in [0, 0.1) is 5.92 Å². The first kappa shape index (κ1) is 23.3. The predicted octanol–water partition coefficient (Wildman–Crippen LogP) is 2.12. The molecule has 26 heavy (non-hydrogen) atoms. The van der Waals surface area contributed by atoms with Gasteiger partial charge in [-0.25, -0.2) is 4.79 Å². The molecule has 2 fully saturated rings. The molecule has 7 nitrogen and oxygen atoms in total. The van der Waals surface area contributed by atoms with Crippen LogP contribution < -0.4 is 10.6 Å². The van der Waals surface area contributed by atoms with Crippen molar-refractivity contribution in [3.63, 3.8) is 0 Å². The fourth-order valence-corrected chi connectivity index (χ4v) is 2.88. The van der Waals surface area contributed by atoms with Crippen LogP contribution >= 0.6 is 24.0 Å². The summed E-state index contributed by atoms with van der Waals surface area (Å²) in [6.45, 7) is 13.2. The number of carbonyl (C=O) groups excluding carboxylic acids is 1. The minimum atomic E-state index is -0.426. The van der Waals surface area contributed by atoms with Gasteiger partial charge in [-0.15, -0.1) is 24.0 Å². The van der Waals surface area contributed by atoms with Crippen molar-refractivity contribution < 1.29 is 9.53 Å². The van der Waals surface area contributed by atoms with E-state index in [0.29, 0.717) is 6.04 Å². The SMILES string of the molecule is CN=C(NCCCN1CCN(C(=O)OC(C)(C)C)CC1)NC1CC1C.I. The zero-order valence-electron chi connectivity index (χ0n) is 16.9. The number of aliphatic imine (C=N–C) groups is 1. The fourth-order valence-electron chi connectivity index (χ4n) is 2.88. The number of ether oxygens (including phenoxy) is 1. The first-order chi connectivity index (χ1) is 11.8. The summed E-state index contributed by atoms with van der Waals surface area (Å²) in [5.74, 6) is 1.67. The van der Waals surface area contributed by atoms with Gasteiger partial charge in [0.25, 0.3) is 0 Å². The lowest BCUT2D eigenvalue weighted by Crippen LogP contribution is -2.50. The standard InChI is InChI=1S/C18H35N5O2.HI/c1-14-13-15(14)21-16(19-5)20-7-6-8-22-9-11-23(12-10-22)17(24)25-18(2,3)4;/h14-15H,6-13H2,1-5H3,(H2,19,20,21);1H. The van der Waals surface area contributed by atoms with Crippen molar-refractivity contribution in [2.45, 2.75) is 52.2 Å². The van der Waals surface area contributed by atoms with Crippen LogP contribution in [0.3, 0.4) is 0 Å². The number of nitrogens with zero attached hydrogens (tertiary/aromatic N) is 3. The molecule has 2 rings (SSSR count). The van der Waals surface area contributed by atoms with E-state index < -0.39 is 5.60 Å². The summed E-state index contributed by atoms with van der Waals surface area (Å²) in [4.78, 5) is 20.5. The third kappa shape index (κ3) is 8.28. The van der Waals surface area contributed by atoms with Gasteiger partial charge in [0.15, 0.2) is 5.96 Å². The second-order valence-corrected chi connectivity index (χ2v) is 8.13. The summed E-state index contributed by atoms with van der Waals surface area (Å²) in [5, 5.41) is 6.81. The molecule has 2 atom stereocenters. The second-order valence-electron chi connectivity index (χ2n) is 8.13. The van der Waals surface area contributed by atoms with Crippen LogP contribution in [-0.2, 0) is 4.74 Å². The lowest BCUT2D eigenvalue weighted by molar-refractivity contribution is 0.0145. The molecule has 0 radical (unpaired) electrons. The number of rotatable bonds is 5. The van der Waals surface area contributed by atoms with Gasteiger partial charge < -0.3 is 20.3 Å². The molecule has 1 amide bonds. The molecule has 1 aliphatic heterocycles. The van der Waals surface area contributed by atoms with Crippen molar-refractivity contribution in [3.8, 4) is 0 Å². The van der Waals surface area contributed by atoms with Gasteiger partial charge >= 0.3 is 6.09 Å². The summed E-state index contributed by atoms with van der Waals surface area (Å²) in [5.41, 5.74) is -0.426. The minimum absolute atomic E-state index is 0. The quantitative estimate of drug-likeness (QED) is 0.273. The number of carbonyl (C=O) groups is 1. The number of hydrogen-bond acceptors (Lipinski definition) is 4. The van der Waals surface area contributed by atoms with Crippen LogP contribution in [-0.4, -0.2) is 79.8 Å².